The maximum atomic E-state index is 11.2. The molecular weight excluding hydrogens is 202 g/mol. The molecule has 0 amide bonds. The van der Waals surface area contributed by atoms with E-state index in [1.54, 1.807) is 0 Å². The lowest BCUT2D eigenvalue weighted by molar-refractivity contribution is 0.0649. The van der Waals surface area contributed by atoms with Crippen molar-refractivity contribution in [3.8, 4) is 0 Å². The largest absolute Gasteiger partial charge is 0.396 e. The maximum Gasteiger partial charge on any atom is 0.211 e. The number of hydrogen-bond acceptors (Lipinski definition) is 3. The number of sulfonamides is 1. The van der Waals surface area contributed by atoms with E-state index in [9.17, 15) is 13.5 Å². The Morgan fingerprint density at radius 1 is 1.36 bits per heavy atom. The first-order chi connectivity index (χ1) is 6.43. The summed E-state index contributed by atoms with van der Waals surface area (Å²) in [6.07, 6.45) is 3.70. The van der Waals surface area contributed by atoms with Gasteiger partial charge in [-0.1, -0.05) is 6.92 Å². The van der Waals surface area contributed by atoms with Crippen LogP contribution in [-0.4, -0.2) is 43.8 Å². The lowest BCUT2D eigenvalue weighted by Crippen LogP contribution is -2.43. The van der Waals surface area contributed by atoms with Crippen LogP contribution in [0.15, 0.2) is 0 Å². The fourth-order valence-electron chi connectivity index (χ4n) is 1.92. The average Bonchev–Trinajstić information content (AvgIpc) is 2.16. The summed E-state index contributed by atoms with van der Waals surface area (Å²) >= 11 is 0. The van der Waals surface area contributed by atoms with E-state index in [-0.39, 0.29) is 12.0 Å². The predicted octanol–water partition coefficient (Wildman–Crippen LogP) is 0.430. The van der Waals surface area contributed by atoms with Crippen molar-refractivity contribution in [2.45, 2.75) is 26.2 Å². The molecule has 1 saturated heterocycles. The van der Waals surface area contributed by atoms with E-state index in [4.69, 9.17) is 0 Å². The van der Waals surface area contributed by atoms with Crippen LogP contribution in [0.1, 0.15) is 26.2 Å². The van der Waals surface area contributed by atoms with Crippen molar-refractivity contribution in [2.24, 2.45) is 5.41 Å². The van der Waals surface area contributed by atoms with Gasteiger partial charge in [0.1, 0.15) is 0 Å². The van der Waals surface area contributed by atoms with Gasteiger partial charge in [0, 0.05) is 19.7 Å². The molecule has 0 aromatic carbocycles. The summed E-state index contributed by atoms with van der Waals surface area (Å²) < 4.78 is 24.0. The monoisotopic (exact) mass is 221 g/mol. The third-order valence-electron chi connectivity index (χ3n) is 3.34. The molecule has 0 spiro atoms. The maximum absolute atomic E-state index is 11.2. The number of aliphatic hydroxyl groups excluding tert-OH is 1. The van der Waals surface area contributed by atoms with Crippen LogP contribution in [-0.2, 0) is 10.0 Å². The topological polar surface area (TPSA) is 57.6 Å². The molecule has 5 heteroatoms. The Balaban J connectivity index is 2.62. The van der Waals surface area contributed by atoms with Crippen LogP contribution in [0.5, 0.6) is 0 Å². The molecule has 0 aromatic heterocycles. The molecule has 1 N–H and O–H groups in total. The van der Waals surface area contributed by atoms with Crippen molar-refractivity contribution < 1.29 is 13.5 Å². The molecule has 0 aliphatic carbocycles. The average molecular weight is 221 g/mol. The zero-order valence-corrected chi connectivity index (χ0v) is 9.68. The highest BCUT2D eigenvalue weighted by Gasteiger charge is 2.34. The van der Waals surface area contributed by atoms with Gasteiger partial charge >= 0.3 is 0 Å². The van der Waals surface area contributed by atoms with Crippen LogP contribution < -0.4 is 0 Å². The SMILES string of the molecule is CCC1(CO)CCN(S(C)(=O)=O)CC1. The molecule has 0 saturated carbocycles. The molecule has 1 heterocycles. The van der Waals surface area contributed by atoms with E-state index in [1.165, 1.54) is 10.6 Å². The minimum Gasteiger partial charge on any atom is -0.396 e. The zero-order valence-electron chi connectivity index (χ0n) is 8.86. The van der Waals surface area contributed by atoms with Crippen LogP contribution in [0.2, 0.25) is 0 Å². The first-order valence-electron chi connectivity index (χ1n) is 4.99. The van der Waals surface area contributed by atoms with Crippen LogP contribution in [0, 0.1) is 5.41 Å². The van der Waals surface area contributed by atoms with E-state index in [1.807, 2.05) is 6.92 Å². The Morgan fingerprint density at radius 2 is 1.86 bits per heavy atom. The fourth-order valence-corrected chi connectivity index (χ4v) is 2.76. The summed E-state index contributed by atoms with van der Waals surface area (Å²) in [5.41, 5.74) is -0.0405. The van der Waals surface area contributed by atoms with Crippen LogP contribution >= 0.6 is 0 Å². The van der Waals surface area contributed by atoms with Crippen molar-refractivity contribution in [2.75, 3.05) is 26.0 Å². The van der Waals surface area contributed by atoms with E-state index < -0.39 is 10.0 Å². The third-order valence-corrected chi connectivity index (χ3v) is 4.64. The first kappa shape index (κ1) is 11.9. The van der Waals surface area contributed by atoms with Crippen molar-refractivity contribution in [1.82, 2.24) is 4.31 Å². The van der Waals surface area contributed by atoms with E-state index in [0.29, 0.717) is 13.1 Å². The molecule has 1 fully saturated rings. The summed E-state index contributed by atoms with van der Waals surface area (Å²) in [5.74, 6) is 0. The molecule has 0 atom stereocenters. The minimum absolute atomic E-state index is 0.0405. The van der Waals surface area contributed by atoms with Crippen molar-refractivity contribution in [1.29, 1.82) is 0 Å². The number of aliphatic hydroxyl groups is 1. The minimum atomic E-state index is -3.04. The highest BCUT2D eigenvalue weighted by atomic mass is 32.2. The van der Waals surface area contributed by atoms with Gasteiger partial charge in [-0.15, -0.1) is 0 Å². The summed E-state index contributed by atoms with van der Waals surface area (Å²) in [4.78, 5) is 0. The second-order valence-electron chi connectivity index (χ2n) is 4.17. The van der Waals surface area contributed by atoms with Gasteiger partial charge in [-0.05, 0) is 24.7 Å². The lowest BCUT2D eigenvalue weighted by atomic mass is 9.77. The molecular formula is C9H19NO3S. The van der Waals surface area contributed by atoms with Gasteiger partial charge < -0.3 is 5.11 Å². The Labute approximate surface area is 86.0 Å². The first-order valence-corrected chi connectivity index (χ1v) is 6.84. The number of rotatable bonds is 3. The standard InChI is InChI=1S/C9H19NO3S/c1-3-9(8-11)4-6-10(7-5-9)14(2,12)13/h11H,3-8H2,1-2H3. The summed E-state index contributed by atoms with van der Waals surface area (Å²) in [6.45, 7) is 3.31. The molecule has 1 aliphatic heterocycles. The molecule has 84 valence electrons. The van der Waals surface area contributed by atoms with Gasteiger partial charge in [-0.2, -0.15) is 0 Å². The second-order valence-corrected chi connectivity index (χ2v) is 6.16. The quantitative estimate of drug-likeness (QED) is 0.752. The number of piperidine rings is 1. The van der Waals surface area contributed by atoms with Gasteiger partial charge in [0.25, 0.3) is 0 Å². The van der Waals surface area contributed by atoms with Gasteiger partial charge in [0.15, 0.2) is 0 Å². The second kappa shape index (κ2) is 4.16. The molecule has 14 heavy (non-hydrogen) atoms. The lowest BCUT2D eigenvalue weighted by Gasteiger charge is -2.39. The Bertz CT molecular complexity index is 272. The Morgan fingerprint density at radius 3 is 2.14 bits per heavy atom. The van der Waals surface area contributed by atoms with Crippen LogP contribution in [0.25, 0.3) is 0 Å². The molecule has 4 nitrogen and oxygen atoms in total. The summed E-state index contributed by atoms with van der Waals surface area (Å²) in [7, 11) is -3.04. The highest BCUT2D eigenvalue weighted by Crippen LogP contribution is 2.34. The van der Waals surface area contributed by atoms with Crippen molar-refractivity contribution in [3.63, 3.8) is 0 Å². The third kappa shape index (κ3) is 2.46. The van der Waals surface area contributed by atoms with Gasteiger partial charge in [-0.3, -0.25) is 0 Å². The zero-order chi connectivity index (χ0) is 10.8. The van der Waals surface area contributed by atoms with Crippen molar-refractivity contribution in [3.05, 3.63) is 0 Å². The van der Waals surface area contributed by atoms with E-state index in [2.05, 4.69) is 0 Å². The molecule has 1 rings (SSSR count). The number of nitrogens with zero attached hydrogens (tertiary/aromatic N) is 1. The highest BCUT2D eigenvalue weighted by molar-refractivity contribution is 7.88. The normalized spacial score (nSPS) is 23.6. The summed E-state index contributed by atoms with van der Waals surface area (Å²) in [5, 5.41) is 9.26. The van der Waals surface area contributed by atoms with E-state index >= 15 is 0 Å². The van der Waals surface area contributed by atoms with Gasteiger partial charge in [0.05, 0.1) is 6.26 Å². The molecule has 0 unspecified atom stereocenters. The molecule has 1 aliphatic rings. The predicted molar refractivity (Wildman–Crippen MR) is 55.5 cm³/mol. The fraction of sp³-hybridized carbons (Fsp3) is 1.00. The smallest absolute Gasteiger partial charge is 0.211 e. The Kier molecular flexibility index (Phi) is 3.55. The van der Waals surface area contributed by atoms with Gasteiger partial charge in [-0.25, -0.2) is 12.7 Å². The number of hydrogen-bond donors (Lipinski definition) is 1. The molecule has 0 bridgehead atoms. The van der Waals surface area contributed by atoms with Gasteiger partial charge in [0.2, 0.25) is 10.0 Å². The molecule has 0 radical (unpaired) electrons. The van der Waals surface area contributed by atoms with Crippen LogP contribution in [0.3, 0.4) is 0 Å². The van der Waals surface area contributed by atoms with Crippen LogP contribution in [0.4, 0.5) is 0 Å². The van der Waals surface area contributed by atoms with Crippen molar-refractivity contribution >= 4 is 10.0 Å². The summed E-state index contributed by atoms with van der Waals surface area (Å²) in [6, 6.07) is 0. The van der Waals surface area contributed by atoms with E-state index in [0.717, 1.165) is 19.3 Å². The Hall–Kier alpha value is -0.130. The molecule has 0 aromatic rings.